The molecule has 0 aliphatic heterocycles. The van der Waals surface area contributed by atoms with E-state index >= 15 is 0 Å². The molecule has 0 radical (unpaired) electrons. The van der Waals surface area contributed by atoms with Gasteiger partial charge in [-0.1, -0.05) is 13.0 Å². The summed E-state index contributed by atoms with van der Waals surface area (Å²) in [6.07, 6.45) is 0.871. The van der Waals surface area contributed by atoms with Crippen LogP contribution in [0, 0.1) is 6.92 Å². The number of carbonyl (C=O) groups excluding carboxylic acids is 1. The highest BCUT2D eigenvalue weighted by Gasteiger charge is 2.12. The van der Waals surface area contributed by atoms with E-state index < -0.39 is 10.8 Å². The molecule has 0 heterocycles. The van der Waals surface area contributed by atoms with Gasteiger partial charge in [-0.15, -0.1) is 0 Å². The van der Waals surface area contributed by atoms with Crippen LogP contribution in [0.2, 0.25) is 0 Å². The molecule has 0 aliphatic carbocycles. The van der Waals surface area contributed by atoms with Crippen molar-refractivity contribution in [2.24, 2.45) is 0 Å². The Labute approximate surface area is 104 Å². The monoisotopic (exact) mass is 254 g/mol. The summed E-state index contributed by atoms with van der Waals surface area (Å²) in [7, 11) is -1.33. The molecular formula is C12H18N2O2S. The smallest absolute Gasteiger partial charge is 0.232 e. The van der Waals surface area contributed by atoms with Crippen molar-refractivity contribution in [2.45, 2.75) is 25.2 Å². The van der Waals surface area contributed by atoms with Crippen molar-refractivity contribution in [2.75, 3.05) is 18.0 Å². The molecule has 1 aromatic carbocycles. The number of nitrogens with one attached hydrogen (secondary N) is 1. The van der Waals surface area contributed by atoms with Gasteiger partial charge >= 0.3 is 0 Å². The van der Waals surface area contributed by atoms with Crippen LogP contribution in [-0.2, 0) is 15.6 Å². The van der Waals surface area contributed by atoms with E-state index in [1.807, 2.05) is 19.9 Å². The highest BCUT2D eigenvalue weighted by atomic mass is 32.2. The molecule has 0 bridgehead atoms. The molecule has 5 heteroatoms. The van der Waals surface area contributed by atoms with Gasteiger partial charge in [0.15, 0.2) is 0 Å². The van der Waals surface area contributed by atoms with Crippen molar-refractivity contribution < 1.29 is 9.00 Å². The molecule has 0 saturated carbocycles. The van der Waals surface area contributed by atoms with Gasteiger partial charge in [-0.2, -0.15) is 0 Å². The second kappa shape index (κ2) is 6.39. The van der Waals surface area contributed by atoms with Crippen molar-refractivity contribution in [1.29, 1.82) is 0 Å². The van der Waals surface area contributed by atoms with Crippen LogP contribution in [0.1, 0.15) is 18.9 Å². The predicted molar refractivity (Wildman–Crippen MR) is 70.2 cm³/mol. The van der Waals surface area contributed by atoms with Crippen molar-refractivity contribution in [3.05, 3.63) is 23.8 Å². The zero-order valence-electron chi connectivity index (χ0n) is 10.2. The first-order valence-electron chi connectivity index (χ1n) is 5.55. The van der Waals surface area contributed by atoms with E-state index in [0.717, 1.165) is 12.0 Å². The van der Waals surface area contributed by atoms with Gasteiger partial charge in [0.05, 0.1) is 10.8 Å². The summed E-state index contributed by atoms with van der Waals surface area (Å²) in [5.74, 6) is -0.198. The molecule has 3 N–H and O–H groups in total. The van der Waals surface area contributed by atoms with E-state index in [4.69, 9.17) is 5.73 Å². The third-order valence-corrected chi connectivity index (χ3v) is 3.75. The van der Waals surface area contributed by atoms with Crippen LogP contribution >= 0.6 is 0 Å². The Balaban J connectivity index is 2.69. The molecule has 0 saturated heterocycles. The first-order chi connectivity index (χ1) is 8.04. The number of nitrogen functional groups attached to an aromatic ring is 1. The van der Waals surface area contributed by atoms with Crippen LogP contribution in [0.15, 0.2) is 23.1 Å². The van der Waals surface area contributed by atoms with Crippen LogP contribution < -0.4 is 11.1 Å². The molecule has 0 fully saturated rings. The molecule has 0 aliphatic rings. The number of benzene rings is 1. The summed E-state index contributed by atoms with van der Waals surface area (Å²) in [5.41, 5.74) is 7.09. The number of carbonyl (C=O) groups is 1. The van der Waals surface area contributed by atoms with E-state index in [0.29, 0.717) is 17.1 Å². The molecule has 17 heavy (non-hydrogen) atoms. The Hall–Kier alpha value is -1.36. The van der Waals surface area contributed by atoms with Gasteiger partial charge in [-0.3, -0.25) is 9.00 Å². The Morgan fingerprint density at radius 1 is 1.47 bits per heavy atom. The highest BCUT2D eigenvalue weighted by Crippen LogP contribution is 2.16. The molecule has 4 nitrogen and oxygen atoms in total. The summed E-state index contributed by atoms with van der Waals surface area (Å²) in [5, 5.41) is 2.70. The normalized spacial score (nSPS) is 12.1. The van der Waals surface area contributed by atoms with Crippen LogP contribution in [0.5, 0.6) is 0 Å². The first-order valence-corrected chi connectivity index (χ1v) is 6.87. The van der Waals surface area contributed by atoms with Gasteiger partial charge in [0.1, 0.15) is 5.75 Å². The lowest BCUT2D eigenvalue weighted by Gasteiger charge is -2.07. The summed E-state index contributed by atoms with van der Waals surface area (Å²) in [6, 6.07) is 5.23. The fourth-order valence-electron chi connectivity index (χ4n) is 1.37. The maximum atomic E-state index is 12.0. The molecular weight excluding hydrogens is 236 g/mol. The fourth-order valence-corrected chi connectivity index (χ4v) is 2.56. The number of rotatable bonds is 5. The third kappa shape index (κ3) is 4.19. The van der Waals surface area contributed by atoms with Crippen molar-refractivity contribution in [1.82, 2.24) is 5.32 Å². The minimum absolute atomic E-state index is 0.00963. The van der Waals surface area contributed by atoms with E-state index in [1.165, 1.54) is 0 Å². The minimum atomic E-state index is -1.33. The molecule has 1 unspecified atom stereocenters. The molecule has 0 aromatic heterocycles. The van der Waals surface area contributed by atoms with Crippen LogP contribution in [0.25, 0.3) is 0 Å². The lowest BCUT2D eigenvalue weighted by Crippen LogP contribution is -2.29. The highest BCUT2D eigenvalue weighted by molar-refractivity contribution is 7.85. The number of hydrogen-bond acceptors (Lipinski definition) is 3. The van der Waals surface area contributed by atoms with E-state index in [1.54, 1.807) is 12.1 Å². The fraction of sp³-hybridized carbons (Fsp3) is 0.417. The average molecular weight is 254 g/mol. The maximum absolute atomic E-state index is 12.0. The van der Waals surface area contributed by atoms with Crippen molar-refractivity contribution in [3.8, 4) is 0 Å². The molecule has 1 aromatic rings. The number of nitrogens with two attached hydrogens (primary N) is 1. The number of hydrogen-bond donors (Lipinski definition) is 2. The minimum Gasteiger partial charge on any atom is -0.399 e. The number of amides is 1. The van der Waals surface area contributed by atoms with Crippen molar-refractivity contribution in [3.63, 3.8) is 0 Å². The lowest BCUT2D eigenvalue weighted by molar-refractivity contribution is -0.118. The van der Waals surface area contributed by atoms with E-state index in [9.17, 15) is 9.00 Å². The summed E-state index contributed by atoms with van der Waals surface area (Å²) in [4.78, 5) is 12.1. The number of aryl methyl sites for hydroxylation is 1. The van der Waals surface area contributed by atoms with Gasteiger partial charge in [0, 0.05) is 17.1 Å². The van der Waals surface area contributed by atoms with Gasteiger partial charge in [0.25, 0.3) is 0 Å². The summed E-state index contributed by atoms with van der Waals surface area (Å²) < 4.78 is 12.0. The Bertz CT molecular complexity index is 433. The van der Waals surface area contributed by atoms with Gasteiger partial charge < -0.3 is 11.1 Å². The van der Waals surface area contributed by atoms with Gasteiger partial charge in [-0.25, -0.2) is 0 Å². The Morgan fingerprint density at radius 2 is 2.18 bits per heavy atom. The topological polar surface area (TPSA) is 72.2 Å². The van der Waals surface area contributed by atoms with E-state index in [2.05, 4.69) is 5.32 Å². The predicted octanol–water partition coefficient (Wildman–Crippen LogP) is 1.21. The largest absolute Gasteiger partial charge is 0.399 e. The molecule has 1 amide bonds. The second-order valence-electron chi connectivity index (χ2n) is 3.86. The molecule has 1 atom stereocenters. The van der Waals surface area contributed by atoms with Gasteiger partial charge in [-0.05, 0) is 31.0 Å². The third-order valence-electron chi connectivity index (χ3n) is 2.29. The standard InChI is InChI=1S/C12H18N2O2S/c1-3-6-14-12(15)8-17(16)11-7-10(13)5-4-9(11)2/h4-5,7H,3,6,8,13H2,1-2H3,(H,14,15). The maximum Gasteiger partial charge on any atom is 0.232 e. The second-order valence-corrected chi connectivity index (χ2v) is 5.28. The zero-order chi connectivity index (χ0) is 12.8. The van der Waals surface area contributed by atoms with E-state index in [-0.39, 0.29) is 11.7 Å². The van der Waals surface area contributed by atoms with Crippen LogP contribution in [0.3, 0.4) is 0 Å². The summed E-state index contributed by atoms with van der Waals surface area (Å²) in [6.45, 7) is 4.45. The Morgan fingerprint density at radius 3 is 2.82 bits per heavy atom. The first kappa shape index (κ1) is 13.7. The molecule has 94 valence electrons. The summed E-state index contributed by atoms with van der Waals surface area (Å²) >= 11 is 0. The zero-order valence-corrected chi connectivity index (χ0v) is 11.0. The van der Waals surface area contributed by atoms with Crippen LogP contribution in [-0.4, -0.2) is 22.4 Å². The molecule has 0 spiro atoms. The average Bonchev–Trinajstić information content (AvgIpc) is 2.29. The quantitative estimate of drug-likeness (QED) is 0.776. The van der Waals surface area contributed by atoms with Gasteiger partial charge in [0.2, 0.25) is 5.91 Å². The number of anilines is 1. The van der Waals surface area contributed by atoms with Crippen molar-refractivity contribution >= 4 is 22.4 Å². The Kier molecular flexibility index (Phi) is 5.15. The SMILES string of the molecule is CCCNC(=O)CS(=O)c1cc(N)ccc1C. The molecule has 1 rings (SSSR count). The van der Waals surface area contributed by atoms with Crippen LogP contribution in [0.4, 0.5) is 5.69 Å². The lowest BCUT2D eigenvalue weighted by atomic mass is 10.2.